The van der Waals surface area contributed by atoms with Crippen LogP contribution in [0.3, 0.4) is 0 Å². The molecule has 0 N–H and O–H groups in total. The molecule has 2 nitrogen and oxygen atoms in total. The summed E-state index contributed by atoms with van der Waals surface area (Å²) in [5, 5.41) is 11.0. The summed E-state index contributed by atoms with van der Waals surface area (Å²) in [6.45, 7) is 1.96. The standard InChI is InChI=1S/C11H11BrO2/c1-7-6-8(2-3-9(7)12)11(4-5-11)10(13)14/h2-3,6H,4-5H2,1H3,(H,13,14)/p-1. The van der Waals surface area contributed by atoms with Crippen molar-refractivity contribution in [2.45, 2.75) is 25.2 Å². The van der Waals surface area contributed by atoms with Crippen LogP contribution in [0.25, 0.3) is 0 Å². The van der Waals surface area contributed by atoms with E-state index in [1.807, 2.05) is 25.1 Å². The fourth-order valence-corrected chi connectivity index (χ4v) is 1.92. The summed E-state index contributed by atoms with van der Waals surface area (Å²) >= 11 is 3.39. The summed E-state index contributed by atoms with van der Waals surface area (Å²) in [4.78, 5) is 11.0. The molecule has 0 unspecified atom stereocenters. The first-order valence-corrected chi connectivity index (χ1v) is 5.34. The summed E-state index contributed by atoms with van der Waals surface area (Å²) in [6, 6.07) is 5.68. The second kappa shape index (κ2) is 3.09. The fourth-order valence-electron chi connectivity index (χ4n) is 1.68. The highest BCUT2D eigenvalue weighted by Gasteiger charge is 2.45. The first-order chi connectivity index (χ1) is 6.56. The van der Waals surface area contributed by atoms with E-state index in [2.05, 4.69) is 15.9 Å². The Hall–Kier alpha value is -0.830. The van der Waals surface area contributed by atoms with Crippen molar-refractivity contribution >= 4 is 21.9 Å². The van der Waals surface area contributed by atoms with Gasteiger partial charge in [-0.05, 0) is 37.0 Å². The summed E-state index contributed by atoms with van der Waals surface area (Å²) in [5.74, 6) is -0.945. The molecule has 0 spiro atoms. The number of halogens is 1. The van der Waals surface area contributed by atoms with Crippen molar-refractivity contribution in [2.75, 3.05) is 0 Å². The van der Waals surface area contributed by atoms with Crippen LogP contribution in [0.1, 0.15) is 24.0 Å². The summed E-state index contributed by atoms with van der Waals surface area (Å²) < 4.78 is 1.01. The predicted molar refractivity (Wildman–Crippen MR) is 54.8 cm³/mol. The Kier molecular flexibility index (Phi) is 2.14. The number of rotatable bonds is 2. The minimum atomic E-state index is -0.945. The Bertz CT molecular complexity index is 394. The van der Waals surface area contributed by atoms with Gasteiger partial charge in [0.15, 0.2) is 0 Å². The Morgan fingerprint density at radius 3 is 2.57 bits per heavy atom. The van der Waals surface area contributed by atoms with Gasteiger partial charge in [0.1, 0.15) is 0 Å². The highest BCUT2D eigenvalue weighted by molar-refractivity contribution is 9.10. The third-order valence-electron chi connectivity index (χ3n) is 2.85. The lowest BCUT2D eigenvalue weighted by Crippen LogP contribution is -2.35. The second-order valence-electron chi connectivity index (χ2n) is 3.83. The smallest absolute Gasteiger partial charge is 0.0520 e. The van der Waals surface area contributed by atoms with E-state index < -0.39 is 11.4 Å². The summed E-state index contributed by atoms with van der Waals surface area (Å²) in [6.07, 6.45) is 1.41. The first kappa shape index (κ1) is 9.71. The van der Waals surface area contributed by atoms with Gasteiger partial charge in [0.05, 0.1) is 5.97 Å². The van der Waals surface area contributed by atoms with Crippen molar-refractivity contribution in [3.8, 4) is 0 Å². The summed E-state index contributed by atoms with van der Waals surface area (Å²) in [7, 11) is 0. The van der Waals surface area contributed by atoms with E-state index in [1.54, 1.807) is 0 Å². The number of carboxylic acids is 1. The van der Waals surface area contributed by atoms with Crippen molar-refractivity contribution in [3.63, 3.8) is 0 Å². The van der Waals surface area contributed by atoms with Gasteiger partial charge in [-0.3, -0.25) is 0 Å². The van der Waals surface area contributed by atoms with E-state index in [0.29, 0.717) is 12.8 Å². The summed E-state index contributed by atoms with van der Waals surface area (Å²) in [5.41, 5.74) is 1.25. The van der Waals surface area contributed by atoms with Gasteiger partial charge < -0.3 is 9.90 Å². The van der Waals surface area contributed by atoms with Gasteiger partial charge >= 0.3 is 0 Å². The van der Waals surface area contributed by atoms with Crippen molar-refractivity contribution < 1.29 is 9.90 Å². The van der Waals surface area contributed by atoms with Gasteiger partial charge in [0.2, 0.25) is 0 Å². The van der Waals surface area contributed by atoms with Gasteiger partial charge in [0, 0.05) is 9.89 Å². The number of benzene rings is 1. The molecule has 0 atom stereocenters. The highest BCUT2D eigenvalue weighted by Crippen LogP contribution is 2.48. The van der Waals surface area contributed by atoms with E-state index in [9.17, 15) is 9.90 Å². The Balaban J connectivity index is 2.43. The molecule has 1 aliphatic rings. The topological polar surface area (TPSA) is 40.1 Å². The molecule has 1 saturated carbocycles. The van der Waals surface area contributed by atoms with E-state index in [-0.39, 0.29) is 0 Å². The molecule has 2 rings (SSSR count). The van der Waals surface area contributed by atoms with Gasteiger partial charge in [-0.1, -0.05) is 28.1 Å². The quantitative estimate of drug-likeness (QED) is 0.803. The first-order valence-electron chi connectivity index (χ1n) is 4.54. The Labute approximate surface area is 91.1 Å². The van der Waals surface area contributed by atoms with Crippen LogP contribution in [0.4, 0.5) is 0 Å². The van der Waals surface area contributed by atoms with Crippen LogP contribution in [0, 0.1) is 6.92 Å². The van der Waals surface area contributed by atoms with Gasteiger partial charge in [-0.2, -0.15) is 0 Å². The molecule has 0 heterocycles. The van der Waals surface area contributed by atoms with Gasteiger partial charge in [-0.15, -0.1) is 0 Å². The number of carboxylic acid groups (broad SMARTS) is 1. The Morgan fingerprint density at radius 1 is 1.50 bits per heavy atom. The van der Waals surface area contributed by atoms with E-state index >= 15 is 0 Å². The number of hydrogen-bond donors (Lipinski definition) is 0. The highest BCUT2D eigenvalue weighted by atomic mass is 79.9. The number of aliphatic carboxylic acids is 1. The average Bonchev–Trinajstić information content (AvgIpc) is 2.90. The van der Waals surface area contributed by atoms with Gasteiger partial charge in [-0.25, -0.2) is 0 Å². The minimum absolute atomic E-state index is 0.689. The molecule has 1 aliphatic carbocycles. The van der Waals surface area contributed by atoms with Gasteiger partial charge in [0.25, 0.3) is 0 Å². The second-order valence-corrected chi connectivity index (χ2v) is 4.69. The zero-order valence-electron chi connectivity index (χ0n) is 7.84. The lowest BCUT2D eigenvalue weighted by Gasteiger charge is -2.17. The molecule has 0 radical (unpaired) electrons. The molecular weight excluding hydrogens is 244 g/mol. The molecule has 1 aromatic carbocycles. The SMILES string of the molecule is Cc1cc(C2(C(=O)[O-])CC2)ccc1Br. The third kappa shape index (κ3) is 1.36. The van der Waals surface area contributed by atoms with Crippen LogP contribution in [0.2, 0.25) is 0 Å². The molecule has 0 amide bonds. The lowest BCUT2D eigenvalue weighted by atomic mass is 9.95. The monoisotopic (exact) mass is 253 g/mol. The number of aryl methyl sites for hydroxylation is 1. The normalized spacial score (nSPS) is 17.9. The molecule has 74 valence electrons. The molecule has 0 saturated heterocycles. The van der Waals surface area contributed by atoms with Crippen molar-refractivity contribution in [1.82, 2.24) is 0 Å². The molecule has 1 fully saturated rings. The average molecular weight is 254 g/mol. The third-order valence-corrected chi connectivity index (χ3v) is 3.74. The van der Waals surface area contributed by atoms with Crippen molar-refractivity contribution in [1.29, 1.82) is 0 Å². The molecule has 0 bridgehead atoms. The van der Waals surface area contributed by atoms with E-state index in [4.69, 9.17) is 0 Å². The van der Waals surface area contributed by atoms with Crippen LogP contribution in [-0.4, -0.2) is 5.97 Å². The zero-order chi connectivity index (χ0) is 10.3. The van der Waals surface area contributed by atoms with E-state index in [1.165, 1.54) is 0 Å². The van der Waals surface area contributed by atoms with Crippen LogP contribution in [-0.2, 0) is 10.2 Å². The van der Waals surface area contributed by atoms with E-state index in [0.717, 1.165) is 15.6 Å². The van der Waals surface area contributed by atoms with Crippen LogP contribution in [0.15, 0.2) is 22.7 Å². The molecule has 0 aromatic heterocycles. The van der Waals surface area contributed by atoms with Crippen LogP contribution >= 0.6 is 15.9 Å². The molecule has 0 aliphatic heterocycles. The number of carbonyl (C=O) groups is 1. The van der Waals surface area contributed by atoms with Crippen LogP contribution in [0.5, 0.6) is 0 Å². The molecule has 1 aromatic rings. The largest absolute Gasteiger partial charge is 0.549 e. The Morgan fingerprint density at radius 2 is 2.14 bits per heavy atom. The van der Waals surface area contributed by atoms with Crippen molar-refractivity contribution in [3.05, 3.63) is 33.8 Å². The lowest BCUT2D eigenvalue weighted by molar-refractivity contribution is -0.309. The zero-order valence-corrected chi connectivity index (χ0v) is 9.43. The molecule has 3 heteroatoms. The number of carbonyl (C=O) groups excluding carboxylic acids is 1. The maximum absolute atomic E-state index is 11.0. The maximum atomic E-state index is 11.0. The number of hydrogen-bond acceptors (Lipinski definition) is 2. The maximum Gasteiger partial charge on any atom is 0.0520 e. The van der Waals surface area contributed by atoms with Crippen molar-refractivity contribution in [2.24, 2.45) is 0 Å². The fraction of sp³-hybridized carbons (Fsp3) is 0.364. The molecule has 14 heavy (non-hydrogen) atoms. The predicted octanol–water partition coefficient (Wildman–Crippen LogP) is 1.54. The molecular formula is C11H10BrO2-. The minimum Gasteiger partial charge on any atom is -0.549 e. The van der Waals surface area contributed by atoms with Crippen LogP contribution < -0.4 is 5.11 Å².